The monoisotopic (exact) mass is 514 g/mol. The lowest BCUT2D eigenvalue weighted by atomic mass is 9.68. The second-order valence-electron chi connectivity index (χ2n) is 8.33. The van der Waals surface area contributed by atoms with E-state index >= 15 is 0 Å². The van der Waals surface area contributed by atoms with Crippen LogP contribution in [-0.2, 0) is 22.6 Å². The molecule has 0 aliphatic heterocycles. The smallest absolute Gasteiger partial charge is 0.422 e. The molecule has 2 aromatic rings. The maximum atomic E-state index is 14.0. The number of carboxylic acid groups (broad SMARTS) is 1. The van der Waals surface area contributed by atoms with E-state index in [0.29, 0.717) is 37.5 Å². The number of alkyl halides is 9. The van der Waals surface area contributed by atoms with Crippen molar-refractivity contribution < 1.29 is 54.2 Å². The third-order valence-corrected chi connectivity index (χ3v) is 5.97. The number of aliphatic carboxylic acids is 1. The number of carbonyl (C=O) groups is 1. The molecule has 0 radical (unpaired) electrons. The fourth-order valence-electron chi connectivity index (χ4n) is 4.26. The molecule has 0 atom stereocenters. The highest BCUT2D eigenvalue weighted by Crippen LogP contribution is 2.48. The van der Waals surface area contributed by atoms with Gasteiger partial charge >= 0.3 is 24.5 Å². The Balaban J connectivity index is 2.30. The van der Waals surface area contributed by atoms with Crippen molar-refractivity contribution in [1.82, 2.24) is 0 Å². The van der Waals surface area contributed by atoms with Gasteiger partial charge in [-0.05, 0) is 48.2 Å². The molecular formula is C23H19F9O3. The molecule has 2 aromatic carbocycles. The van der Waals surface area contributed by atoms with Gasteiger partial charge in [0.25, 0.3) is 0 Å². The largest absolute Gasteiger partial charge is 0.483 e. The molecule has 1 saturated carbocycles. The predicted molar refractivity (Wildman–Crippen MR) is 106 cm³/mol. The van der Waals surface area contributed by atoms with Crippen molar-refractivity contribution in [1.29, 1.82) is 0 Å². The first-order valence-corrected chi connectivity index (χ1v) is 10.4. The first-order chi connectivity index (χ1) is 16.0. The van der Waals surface area contributed by atoms with Gasteiger partial charge in [-0.3, -0.25) is 4.79 Å². The second kappa shape index (κ2) is 9.27. The molecule has 0 unspecified atom stereocenters. The molecule has 35 heavy (non-hydrogen) atoms. The average molecular weight is 514 g/mol. The van der Waals surface area contributed by atoms with Crippen molar-refractivity contribution in [3.63, 3.8) is 0 Å². The molecular weight excluding hydrogens is 495 g/mol. The van der Waals surface area contributed by atoms with E-state index in [-0.39, 0.29) is 24.0 Å². The standard InChI is InChI=1S/C23H19F9O3/c24-21(25,26)12-35-18-16(13-4-6-14(7-5-13)22(27,28)29)10-15(11-17(18)23(30,31)32)20(19(33)34)8-2-1-3-9-20/h4-7,10-11H,1-3,8-9,12H2,(H,33,34). The van der Waals surface area contributed by atoms with E-state index in [1.54, 1.807) is 0 Å². The van der Waals surface area contributed by atoms with Crippen molar-refractivity contribution in [2.24, 2.45) is 0 Å². The molecule has 1 fully saturated rings. The Morgan fingerprint density at radius 3 is 1.89 bits per heavy atom. The van der Waals surface area contributed by atoms with Gasteiger partial charge in [0.2, 0.25) is 0 Å². The molecule has 0 heterocycles. The number of carboxylic acids is 1. The van der Waals surface area contributed by atoms with Gasteiger partial charge in [0.1, 0.15) is 5.75 Å². The van der Waals surface area contributed by atoms with E-state index in [0.717, 1.165) is 18.2 Å². The van der Waals surface area contributed by atoms with Gasteiger partial charge in [0.05, 0.1) is 16.5 Å². The Labute approximate surface area is 193 Å². The van der Waals surface area contributed by atoms with E-state index < -0.39 is 59.0 Å². The molecule has 1 aliphatic rings. The molecule has 0 spiro atoms. The molecule has 1 aliphatic carbocycles. The molecule has 0 saturated heterocycles. The van der Waals surface area contributed by atoms with Crippen LogP contribution in [-0.4, -0.2) is 23.9 Å². The number of hydrogen-bond donors (Lipinski definition) is 1. The molecule has 0 aromatic heterocycles. The minimum atomic E-state index is -5.24. The minimum absolute atomic E-state index is 0.00512. The number of hydrogen-bond acceptors (Lipinski definition) is 2. The third-order valence-electron chi connectivity index (χ3n) is 5.97. The summed E-state index contributed by atoms with van der Waals surface area (Å²) in [6.45, 7) is -2.09. The van der Waals surface area contributed by atoms with Crippen molar-refractivity contribution in [2.75, 3.05) is 6.61 Å². The predicted octanol–water partition coefficient (Wildman–Crippen LogP) is 7.62. The van der Waals surface area contributed by atoms with Crippen LogP contribution in [0.5, 0.6) is 5.75 Å². The third kappa shape index (κ3) is 5.84. The fraction of sp³-hybridized carbons (Fsp3) is 0.435. The summed E-state index contributed by atoms with van der Waals surface area (Å²) in [5, 5.41) is 9.92. The number of halogens is 9. The van der Waals surface area contributed by atoms with Crippen molar-refractivity contribution in [2.45, 2.75) is 56.0 Å². The van der Waals surface area contributed by atoms with Crippen LogP contribution < -0.4 is 4.74 Å². The average Bonchev–Trinajstić information content (AvgIpc) is 2.76. The summed E-state index contributed by atoms with van der Waals surface area (Å²) in [7, 11) is 0. The van der Waals surface area contributed by atoms with Gasteiger partial charge in [-0.15, -0.1) is 0 Å². The second-order valence-corrected chi connectivity index (χ2v) is 8.33. The molecule has 3 nitrogen and oxygen atoms in total. The lowest BCUT2D eigenvalue weighted by molar-refractivity contribution is -0.158. The minimum Gasteiger partial charge on any atom is -0.483 e. The van der Waals surface area contributed by atoms with Crippen LogP contribution in [0.4, 0.5) is 39.5 Å². The maximum Gasteiger partial charge on any atom is 0.422 e. The highest BCUT2D eigenvalue weighted by molar-refractivity contribution is 5.84. The van der Waals surface area contributed by atoms with Crippen molar-refractivity contribution in [3.05, 3.63) is 53.1 Å². The Hall–Kier alpha value is -2.92. The number of rotatable bonds is 5. The lowest BCUT2D eigenvalue weighted by Crippen LogP contribution is -2.38. The van der Waals surface area contributed by atoms with Crippen LogP contribution in [0.1, 0.15) is 48.8 Å². The SMILES string of the molecule is O=C(O)C1(c2cc(-c3ccc(C(F)(F)F)cc3)c(OCC(F)(F)F)c(C(F)(F)F)c2)CCCCC1. The molecule has 192 valence electrons. The first kappa shape index (κ1) is 26.7. The fourth-order valence-corrected chi connectivity index (χ4v) is 4.26. The molecule has 0 amide bonds. The van der Waals surface area contributed by atoms with Gasteiger partial charge < -0.3 is 9.84 Å². The normalized spacial score (nSPS) is 16.7. The first-order valence-electron chi connectivity index (χ1n) is 10.4. The molecule has 1 N–H and O–H groups in total. The summed E-state index contributed by atoms with van der Waals surface area (Å²) in [6.07, 6.45) is -13.6. The zero-order chi connectivity index (χ0) is 26.2. The van der Waals surface area contributed by atoms with E-state index in [9.17, 15) is 49.4 Å². The van der Waals surface area contributed by atoms with Gasteiger partial charge in [0.15, 0.2) is 6.61 Å². The Kier molecular flexibility index (Phi) is 7.07. The molecule has 3 rings (SSSR count). The summed E-state index contributed by atoms with van der Waals surface area (Å²) in [5.74, 6) is -2.64. The summed E-state index contributed by atoms with van der Waals surface area (Å²) in [6, 6.07) is 4.18. The zero-order valence-corrected chi connectivity index (χ0v) is 17.9. The summed E-state index contributed by atoms with van der Waals surface area (Å²) >= 11 is 0. The van der Waals surface area contributed by atoms with Crippen LogP contribution in [0, 0.1) is 0 Å². The van der Waals surface area contributed by atoms with Gasteiger partial charge in [-0.2, -0.15) is 39.5 Å². The Morgan fingerprint density at radius 2 is 1.43 bits per heavy atom. The van der Waals surface area contributed by atoms with E-state index in [1.807, 2.05) is 0 Å². The van der Waals surface area contributed by atoms with Crippen LogP contribution in [0.25, 0.3) is 11.1 Å². The Bertz CT molecular complexity index is 1060. The highest BCUT2D eigenvalue weighted by atomic mass is 19.4. The van der Waals surface area contributed by atoms with Crippen LogP contribution in [0.2, 0.25) is 0 Å². The number of ether oxygens (including phenoxy) is 1. The maximum absolute atomic E-state index is 14.0. The van der Waals surface area contributed by atoms with Crippen molar-refractivity contribution >= 4 is 5.97 Å². The summed E-state index contributed by atoms with van der Waals surface area (Å²) in [4.78, 5) is 12.2. The zero-order valence-electron chi connectivity index (χ0n) is 17.9. The van der Waals surface area contributed by atoms with E-state index in [4.69, 9.17) is 0 Å². The van der Waals surface area contributed by atoms with Gasteiger partial charge in [0, 0.05) is 5.56 Å². The summed E-state index contributed by atoms with van der Waals surface area (Å²) in [5.41, 5.74) is -5.67. The van der Waals surface area contributed by atoms with E-state index in [1.165, 1.54) is 0 Å². The molecule has 12 heteroatoms. The lowest BCUT2D eigenvalue weighted by Gasteiger charge is -2.35. The van der Waals surface area contributed by atoms with Crippen molar-refractivity contribution in [3.8, 4) is 16.9 Å². The Morgan fingerprint density at radius 1 is 0.857 bits per heavy atom. The van der Waals surface area contributed by atoms with Gasteiger partial charge in [-0.25, -0.2) is 0 Å². The van der Waals surface area contributed by atoms with Crippen LogP contribution in [0.3, 0.4) is 0 Å². The topological polar surface area (TPSA) is 46.5 Å². The van der Waals surface area contributed by atoms with Gasteiger partial charge in [-0.1, -0.05) is 31.4 Å². The molecule has 0 bridgehead atoms. The van der Waals surface area contributed by atoms with Crippen LogP contribution in [0.15, 0.2) is 36.4 Å². The van der Waals surface area contributed by atoms with E-state index in [2.05, 4.69) is 4.74 Å². The quantitative estimate of drug-likeness (QED) is 0.418. The van der Waals surface area contributed by atoms with Crippen LogP contribution >= 0.6 is 0 Å². The number of benzene rings is 2. The summed E-state index contributed by atoms with van der Waals surface area (Å²) < 4.78 is 124. The highest BCUT2D eigenvalue weighted by Gasteiger charge is 2.45.